The molecule has 0 spiro atoms. The van der Waals surface area contributed by atoms with Crippen molar-refractivity contribution in [3.05, 3.63) is 58.1 Å². The molecule has 1 aliphatic rings. The predicted molar refractivity (Wildman–Crippen MR) is 106 cm³/mol. The van der Waals surface area contributed by atoms with Gasteiger partial charge in [-0.2, -0.15) is 0 Å². The van der Waals surface area contributed by atoms with Gasteiger partial charge in [0.15, 0.2) is 0 Å². The van der Waals surface area contributed by atoms with Crippen LogP contribution in [0.15, 0.2) is 34.5 Å². The van der Waals surface area contributed by atoms with Gasteiger partial charge < -0.3 is 24.3 Å². The van der Waals surface area contributed by atoms with Gasteiger partial charge in [-0.25, -0.2) is 4.79 Å². The summed E-state index contributed by atoms with van der Waals surface area (Å²) >= 11 is 0. The minimum atomic E-state index is -0.515. The first-order chi connectivity index (χ1) is 13.9. The summed E-state index contributed by atoms with van der Waals surface area (Å²) in [4.78, 5) is 24.0. The molecule has 0 saturated heterocycles. The summed E-state index contributed by atoms with van der Waals surface area (Å²) in [5.74, 6) is 0.591. The third-order valence-electron chi connectivity index (χ3n) is 5.09. The van der Waals surface area contributed by atoms with E-state index in [1.807, 2.05) is 19.9 Å². The number of cyclic esters (lactones) is 1. The van der Waals surface area contributed by atoms with Crippen LogP contribution >= 0.6 is 0 Å². The zero-order chi connectivity index (χ0) is 21.0. The smallest absolute Gasteiger partial charge is 0.342 e. The number of phenols is 1. The predicted octanol–water partition coefficient (Wildman–Crippen LogP) is 3.56. The average molecular weight is 399 g/mol. The van der Waals surface area contributed by atoms with Crippen molar-refractivity contribution in [2.24, 2.45) is 0 Å². The van der Waals surface area contributed by atoms with Crippen molar-refractivity contribution in [1.29, 1.82) is 0 Å². The average Bonchev–Trinajstić information content (AvgIpc) is 3.36. The number of hydrogen-bond donors (Lipinski definition) is 2. The van der Waals surface area contributed by atoms with E-state index in [-0.39, 0.29) is 23.8 Å². The Bertz CT molecular complexity index is 943. The first-order valence-corrected chi connectivity index (χ1v) is 9.45. The number of carbonyl (C=O) groups excluding carboxylic acids is 2. The number of benzene rings is 1. The molecule has 7 nitrogen and oxygen atoms in total. The van der Waals surface area contributed by atoms with Crippen molar-refractivity contribution in [3.8, 4) is 11.5 Å². The van der Waals surface area contributed by atoms with Crippen molar-refractivity contribution in [2.45, 2.75) is 46.3 Å². The number of allylic oxidation sites excluding steroid dienone is 2. The van der Waals surface area contributed by atoms with Crippen LogP contribution in [0.2, 0.25) is 0 Å². The summed E-state index contributed by atoms with van der Waals surface area (Å²) in [7, 11) is 1.54. The monoisotopic (exact) mass is 399 g/mol. The molecule has 1 aromatic carbocycles. The van der Waals surface area contributed by atoms with Crippen LogP contribution in [-0.2, 0) is 29.1 Å². The summed E-state index contributed by atoms with van der Waals surface area (Å²) in [6, 6.07) is 3.58. The number of aromatic hydroxyl groups is 1. The molecular formula is C22H25NO6. The second-order valence-corrected chi connectivity index (χ2v) is 7.03. The van der Waals surface area contributed by atoms with E-state index < -0.39 is 5.97 Å². The topological polar surface area (TPSA) is 98.0 Å². The minimum Gasteiger partial charge on any atom is -0.507 e. The highest BCUT2D eigenvalue weighted by molar-refractivity contribution is 5.98. The molecule has 2 N–H and O–H groups in total. The molecule has 0 fully saturated rings. The number of nitrogens with one attached hydrogen (secondary N) is 1. The number of fused-ring (bicyclic) bond motifs is 1. The SMILES string of the molecule is COc1c(C)c2c(c(O)c1CC=C(C)CCC(=O)NCc1ccco1)C(=O)OC2. The Morgan fingerprint density at radius 2 is 2.17 bits per heavy atom. The van der Waals surface area contributed by atoms with Crippen LogP contribution in [0.5, 0.6) is 11.5 Å². The fraction of sp³-hybridized carbons (Fsp3) is 0.364. The lowest BCUT2D eigenvalue weighted by molar-refractivity contribution is -0.121. The minimum absolute atomic E-state index is 0.0642. The standard InChI is InChI=1S/C22H25NO6/c1-13(7-9-18(24)23-11-15-5-4-10-28-15)6-8-16-20(25)19-17(12-29-22(19)26)14(2)21(16)27-3/h4-6,10,25H,7-9,11-12H2,1-3H3,(H,23,24). The summed E-state index contributed by atoms with van der Waals surface area (Å²) in [6.07, 6.45) is 4.82. The molecule has 1 aromatic heterocycles. The Kier molecular flexibility index (Phi) is 6.26. The van der Waals surface area contributed by atoms with E-state index in [2.05, 4.69) is 5.32 Å². The Morgan fingerprint density at radius 3 is 2.86 bits per heavy atom. The molecule has 0 unspecified atom stereocenters. The highest BCUT2D eigenvalue weighted by Crippen LogP contribution is 2.42. The van der Waals surface area contributed by atoms with Gasteiger partial charge in [-0.1, -0.05) is 11.6 Å². The molecule has 154 valence electrons. The molecule has 0 atom stereocenters. The van der Waals surface area contributed by atoms with Gasteiger partial charge in [-0.3, -0.25) is 4.79 Å². The Labute approximate surface area is 169 Å². The van der Waals surface area contributed by atoms with Crippen molar-refractivity contribution in [2.75, 3.05) is 7.11 Å². The largest absolute Gasteiger partial charge is 0.507 e. The molecule has 0 radical (unpaired) electrons. The third-order valence-corrected chi connectivity index (χ3v) is 5.09. The number of hydrogen-bond acceptors (Lipinski definition) is 6. The van der Waals surface area contributed by atoms with Gasteiger partial charge in [-0.15, -0.1) is 0 Å². The van der Waals surface area contributed by atoms with Crippen LogP contribution in [-0.4, -0.2) is 24.1 Å². The normalized spacial score (nSPS) is 13.2. The van der Waals surface area contributed by atoms with E-state index in [1.54, 1.807) is 18.4 Å². The first kappa shape index (κ1) is 20.5. The van der Waals surface area contributed by atoms with Gasteiger partial charge in [-0.05, 0) is 44.4 Å². The number of esters is 1. The van der Waals surface area contributed by atoms with Crippen LogP contribution in [0.3, 0.4) is 0 Å². The second-order valence-electron chi connectivity index (χ2n) is 7.03. The molecule has 0 bridgehead atoms. The van der Waals surface area contributed by atoms with Crippen molar-refractivity contribution in [3.63, 3.8) is 0 Å². The molecule has 1 aliphatic heterocycles. The Hall–Kier alpha value is -3.22. The molecule has 0 aliphatic carbocycles. The van der Waals surface area contributed by atoms with E-state index in [1.165, 1.54) is 7.11 Å². The Morgan fingerprint density at radius 1 is 1.38 bits per heavy atom. The molecule has 0 saturated carbocycles. The van der Waals surface area contributed by atoms with E-state index in [0.29, 0.717) is 48.4 Å². The second kappa shape index (κ2) is 8.86. The van der Waals surface area contributed by atoms with Crippen LogP contribution in [0.25, 0.3) is 0 Å². The van der Waals surface area contributed by atoms with Crippen LogP contribution in [0, 0.1) is 6.92 Å². The van der Waals surface area contributed by atoms with Gasteiger partial charge in [0, 0.05) is 17.5 Å². The first-order valence-electron chi connectivity index (χ1n) is 9.45. The summed E-state index contributed by atoms with van der Waals surface area (Å²) in [5, 5.41) is 13.4. The number of phenolic OH excluding ortho intramolecular Hbond substituents is 1. The van der Waals surface area contributed by atoms with Crippen molar-refractivity contribution < 1.29 is 28.6 Å². The fourth-order valence-corrected chi connectivity index (χ4v) is 3.40. The molecule has 29 heavy (non-hydrogen) atoms. The third kappa shape index (κ3) is 4.45. The van der Waals surface area contributed by atoms with Crippen LogP contribution in [0.4, 0.5) is 0 Å². The quantitative estimate of drug-likeness (QED) is 0.520. The molecular weight excluding hydrogens is 374 g/mol. The number of carbonyl (C=O) groups is 2. The number of methoxy groups -OCH3 is 1. The van der Waals surface area contributed by atoms with Crippen molar-refractivity contribution in [1.82, 2.24) is 5.32 Å². The molecule has 1 amide bonds. The lowest BCUT2D eigenvalue weighted by Gasteiger charge is -2.15. The van der Waals surface area contributed by atoms with Gasteiger partial charge in [0.1, 0.15) is 29.4 Å². The molecule has 3 rings (SSSR count). The summed E-state index contributed by atoms with van der Waals surface area (Å²) in [5.41, 5.74) is 3.23. The summed E-state index contributed by atoms with van der Waals surface area (Å²) < 4.78 is 15.7. The van der Waals surface area contributed by atoms with Gasteiger partial charge >= 0.3 is 5.97 Å². The van der Waals surface area contributed by atoms with E-state index in [0.717, 1.165) is 11.1 Å². The van der Waals surface area contributed by atoms with Crippen LogP contribution < -0.4 is 10.1 Å². The van der Waals surface area contributed by atoms with E-state index in [4.69, 9.17) is 13.9 Å². The zero-order valence-electron chi connectivity index (χ0n) is 16.8. The maximum atomic E-state index is 12.0. The van der Waals surface area contributed by atoms with Crippen LogP contribution in [0.1, 0.15) is 52.6 Å². The van der Waals surface area contributed by atoms with Gasteiger partial charge in [0.2, 0.25) is 5.91 Å². The van der Waals surface area contributed by atoms with Gasteiger partial charge in [0.05, 0.1) is 19.9 Å². The molecule has 7 heteroatoms. The highest BCUT2D eigenvalue weighted by Gasteiger charge is 2.31. The number of rotatable bonds is 8. The van der Waals surface area contributed by atoms with E-state index in [9.17, 15) is 14.7 Å². The number of ether oxygens (including phenoxy) is 2. The Balaban J connectivity index is 1.64. The zero-order valence-corrected chi connectivity index (χ0v) is 16.8. The fourth-order valence-electron chi connectivity index (χ4n) is 3.40. The molecule has 2 heterocycles. The van der Waals surface area contributed by atoms with E-state index >= 15 is 0 Å². The highest BCUT2D eigenvalue weighted by atomic mass is 16.5. The molecule has 2 aromatic rings. The van der Waals surface area contributed by atoms with Gasteiger partial charge in [0.25, 0.3) is 0 Å². The number of amides is 1. The lowest BCUT2D eigenvalue weighted by atomic mass is 9.94. The summed E-state index contributed by atoms with van der Waals surface area (Å²) in [6.45, 7) is 4.29. The maximum absolute atomic E-state index is 12.0. The van der Waals surface area contributed by atoms with Crippen molar-refractivity contribution >= 4 is 11.9 Å². The lowest BCUT2D eigenvalue weighted by Crippen LogP contribution is -2.22. The number of furan rings is 1. The maximum Gasteiger partial charge on any atom is 0.342 e.